The molecule has 1 unspecified atom stereocenters. The highest BCUT2D eigenvalue weighted by atomic mass is 19.4. The predicted octanol–water partition coefficient (Wildman–Crippen LogP) is 9.16. The molecule has 0 radical (unpaired) electrons. The molecule has 2 atom stereocenters. The predicted molar refractivity (Wildman–Crippen MR) is 198 cm³/mol. The third kappa shape index (κ3) is 9.61. The van der Waals surface area contributed by atoms with Crippen LogP contribution in [0, 0.1) is 5.92 Å². The molecule has 4 aromatic carbocycles. The topological polar surface area (TPSA) is 105 Å². The number of nitrogens with one attached hydrogen (secondary N) is 1. The van der Waals surface area contributed by atoms with Crippen molar-refractivity contribution >= 4 is 17.8 Å². The Bertz CT molecular complexity index is 1950. The van der Waals surface area contributed by atoms with Gasteiger partial charge in [0.2, 0.25) is 11.8 Å². The maximum atomic E-state index is 14.3. The van der Waals surface area contributed by atoms with Crippen LogP contribution in [0.25, 0.3) is 11.1 Å². The Balaban J connectivity index is 1.22. The molecule has 0 spiro atoms. The summed E-state index contributed by atoms with van der Waals surface area (Å²) in [5.41, 5.74) is 4.58. The average Bonchev–Trinajstić information content (AvgIpc) is 3.63. The van der Waals surface area contributed by atoms with Crippen LogP contribution in [0.3, 0.4) is 0 Å². The molecule has 2 N–H and O–H groups in total. The number of rotatable bonds is 11. The van der Waals surface area contributed by atoms with Gasteiger partial charge in [0.05, 0.1) is 0 Å². The summed E-state index contributed by atoms with van der Waals surface area (Å²) in [5.74, 6) is -0.907. The molecule has 54 heavy (non-hydrogen) atoms. The van der Waals surface area contributed by atoms with Crippen molar-refractivity contribution in [2.75, 3.05) is 6.54 Å². The normalized spacial score (nSPS) is 16.7. The van der Waals surface area contributed by atoms with E-state index in [2.05, 4.69) is 30.8 Å². The Morgan fingerprint density at radius 2 is 1.43 bits per heavy atom. The lowest BCUT2D eigenvalue weighted by atomic mass is 9.87. The number of carbonyl (C=O) groups excluding carboxylic acids is 2. The van der Waals surface area contributed by atoms with Gasteiger partial charge >= 0.3 is 12.3 Å². The van der Waals surface area contributed by atoms with Crippen LogP contribution in [0.15, 0.2) is 91.0 Å². The summed E-state index contributed by atoms with van der Waals surface area (Å²) < 4.78 is 47.9. The van der Waals surface area contributed by atoms with E-state index in [1.807, 2.05) is 36.4 Å². The second-order valence-electron chi connectivity index (χ2n) is 15.2. The minimum atomic E-state index is -4.79. The zero-order valence-corrected chi connectivity index (χ0v) is 30.6. The van der Waals surface area contributed by atoms with Gasteiger partial charge in [0, 0.05) is 19.4 Å². The molecule has 1 aliphatic carbocycles. The monoisotopic (exact) mass is 742 g/mol. The standard InChI is InChI=1S/C43H45F3N2O6/c1-42(2,3)32-15-20-33(21-16-32)53-35-19-14-31-22-23-48(38(49)25-27-6-4-5-7-27)39(36(31)26-35)40(50)47-37(41(51)52)24-28-8-10-29(11-9-28)30-12-17-34(18-13-30)54-43(44,45)46/h8-21,26-27,37,39H,4-7,22-25H2,1-3H3,(H,47,50)(H,51,52)/t37-,39?/m0/s1. The molecule has 0 saturated heterocycles. The number of carboxylic acids is 1. The first-order valence-electron chi connectivity index (χ1n) is 18.3. The van der Waals surface area contributed by atoms with Gasteiger partial charge in [-0.3, -0.25) is 9.59 Å². The molecule has 0 aromatic heterocycles. The van der Waals surface area contributed by atoms with Crippen molar-refractivity contribution in [2.24, 2.45) is 5.92 Å². The number of ether oxygens (including phenoxy) is 2. The SMILES string of the molecule is CC(C)(C)c1ccc(Oc2ccc3c(c2)C(C(=O)N[C@@H](Cc2ccc(-c4ccc(OC(F)(F)F)cc4)cc2)C(=O)O)N(C(=O)CC2CCCC2)CC3)cc1. The average molecular weight is 743 g/mol. The van der Waals surface area contributed by atoms with Crippen molar-refractivity contribution in [1.82, 2.24) is 10.2 Å². The van der Waals surface area contributed by atoms with Crippen molar-refractivity contribution in [2.45, 2.75) is 89.6 Å². The van der Waals surface area contributed by atoms with Crippen LogP contribution in [-0.2, 0) is 32.6 Å². The molecule has 11 heteroatoms. The maximum Gasteiger partial charge on any atom is 0.573 e. The first-order chi connectivity index (χ1) is 25.6. The van der Waals surface area contributed by atoms with Crippen LogP contribution in [0.2, 0.25) is 0 Å². The van der Waals surface area contributed by atoms with E-state index in [0.29, 0.717) is 53.1 Å². The van der Waals surface area contributed by atoms with Crippen molar-refractivity contribution in [3.8, 4) is 28.4 Å². The molecule has 1 saturated carbocycles. The van der Waals surface area contributed by atoms with Gasteiger partial charge in [0.25, 0.3) is 0 Å². The molecule has 0 bridgehead atoms. The molecular formula is C43H45F3N2O6. The fourth-order valence-electron chi connectivity index (χ4n) is 7.31. The van der Waals surface area contributed by atoms with E-state index >= 15 is 0 Å². The Hall–Kier alpha value is -5.32. The second kappa shape index (κ2) is 16.0. The van der Waals surface area contributed by atoms with Gasteiger partial charge in [-0.2, -0.15) is 0 Å². The number of amides is 2. The third-order valence-electron chi connectivity index (χ3n) is 10.2. The van der Waals surface area contributed by atoms with Crippen molar-refractivity contribution in [3.05, 3.63) is 113 Å². The van der Waals surface area contributed by atoms with Crippen LogP contribution in [0.5, 0.6) is 17.2 Å². The van der Waals surface area contributed by atoms with Gasteiger partial charge in [-0.05, 0) is 100 Å². The lowest BCUT2D eigenvalue weighted by Gasteiger charge is -2.37. The number of fused-ring (bicyclic) bond motifs is 1. The van der Waals surface area contributed by atoms with E-state index in [0.717, 1.165) is 36.8 Å². The first kappa shape index (κ1) is 38.4. The number of hydrogen-bond acceptors (Lipinski definition) is 5. The number of carboxylic acid groups (broad SMARTS) is 1. The zero-order chi connectivity index (χ0) is 38.6. The largest absolute Gasteiger partial charge is 0.573 e. The summed E-state index contributed by atoms with van der Waals surface area (Å²) in [6.07, 6.45) is 0.139. The lowest BCUT2D eigenvalue weighted by molar-refractivity contribution is -0.274. The molecule has 1 fully saturated rings. The molecule has 1 aliphatic heterocycles. The summed E-state index contributed by atoms with van der Waals surface area (Å²) in [7, 11) is 0. The van der Waals surface area contributed by atoms with Crippen LogP contribution in [0.1, 0.15) is 81.2 Å². The van der Waals surface area contributed by atoms with Crippen LogP contribution < -0.4 is 14.8 Å². The van der Waals surface area contributed by atoms with Crippen molar-refractivity contribution < 1.29 is 42.1 Å². The van der Waals surface area contributed by atoms with Crippen molar-refractivity contribution in [1.29, 1.82) is 0 Å². The minimum Gasteiger partial charge on any atom is -0.480 e. The maximum absolute atomic E-state index is 14.3. The Kier molecular flexibility index (Phi) is 11.4. The molecule has 2 amide bonds. The molecule has 2 aliphatic rings. The van der Waals surface area contributed by atoms with Gasteiger partial charge in [0.15, 0.2) is 0 Å². The van der Waals surface area contributed by atoms with Gasteiger partial charge < -0.3 is 24.8 Å². The summed E-state index contributed by atoms with van der Waals surface area (Å²) in [5, 5.41) is 13.0. The van der Waals surface area contributed by atoms with E-state index in [1.165, 1.54) is 24.3 Å². The van der Waals surface area contributed by atoms with E-state index < -0.39 is 30.3 Å². The molecule has 6 rings (SSSR count). The second-order valence-corrected chi connectivity index (χ2v) is 15.2. The quantitative estimate of drug-likeness (QED) is 0.159. The zero-order valence-electron chi connectivity index (χ0n) is 30.6. The number of carbonyl (C=O) groups is 3. The van der Waals surface area contributed by atoms with Crippen LogP contribution in [0.4, 0.5) is 13.2 Å². The Morgan fingerprint density at radius 1 is 0.833 bits per heavy atom. The Morgan fingerprint density at radius 3 is 2.02 bits per heavy atom. The summed E-state index contributed by atoms with van der Waals surface area (Å²) >= 11 is 0. The molecule has 8 nitrogen and oxygen atoms in total. The van der Waals surface area contributed by atoms with E-state index in [1.54, 1.807) is 35.2 Å². The third-order valence-corrected chi connectivity index (χ3v) is 10.2. The minimum absolute atomic E-state index is 0.0232. The molecule has 284 valence electrons. The highest BCUT2D eigenvalue weighted by Crippen LogP contribution is 2.37. The summed E-state index contributed by atoms with van der Waals surface area (Å²) in [4.78, 5) is 42.3. The number of benzene rings is 4. The highest BCUT2D eigenvalue weighted by Gasteiger charge is 2.39. The Labute approximate surface area is 313 Å². The van der Waals surface area contributed by atoms with Crippen LogP contribution in [-0.4, -0.2) is 46.7 Å². The first-order valence-corrected chi connectivity index (χ1v) is 18.3. The summed E-state index contributed by atoms with van der Waals surface area (Å²) in [6.45, 7) is 6.73. The smallest absolute Gasteiger partial charge is 0.480 e. The van der Waals surface area contributed by atoms with Gasteiger partial charge in [-0.15, -0.1) is 13.2 Å². The number of hydrogen-bond donors (Lipinski definition) is 2. The van der Waals surface area contributed by atoms with Crippen molar-refractivity contribution in [3.63, 3.8) is 0 Å². The fraction of sp³-hybridized carbons (Fsp3) is 0.372. The highest BCUT2D eigenvalue weighted by molar-refractivity contribution is 5.92. The number of alkyl halides is 3. The van der Waals surface area contributed by atoms with E-state index in [9.17, 15) is 32.7 Å². The lowest BCUT2D eigenvalue weighted by Crippen LogP contribution is -2.51. The fourth-order valence-corrected chi connectivity index (χ4v) is 7.31. The number of halogens is 3. The van der Waals surface area contributed by atoms with Gasteiger partial charge in [-0.25, -0.2) is 4.79 Å². The molecular weight excluding hydrogens is 697 g/mol. The summed E-state index contributed by atoms with van der Waals surface area (Å²) in [6, 6.07) is 23.3. The van der Waals surface area contributed by atoms with Gasteiger partial charge in [-0.1, -0.05) is 88.2 Å². The van der Waals surface area contributed by atoms with Crippen LogP contribution >= 0.6 is 0 Å². The van der Waals surface area contributed by atoms with E-state index in [4.69, 9.17) is 4.74 Å². The van der Waals surface area contributed by atoms with E-state index in [-0.39, 0.29) is 29.4 Å². The molecule has 4 aromatic rings. The number of aliphatic carboxylic acids is 1. The van der Waals surface area contributed by atoms with Gasteiger partial charge in [0.1, 0.15) is 29.3 Å². The number of nitrogens with zero attached hydrogens (tertiary/aromatic N) is 1. The molecule has 1 heterocycles.